The molecule has 3 aromatic rings. The molecule has 0 fully saturated rings. The van der Waals surface area contributed by atoms with Gasteiger partial charge in [0.05, 0.1) is 13.7 Å². The Kier molecular flexibility index (Phi) is 5.66. The summed E-state index contributed by atoms with van der Waals surface area (Å²) in [6, 6.07) is 16.9. The van der Waals surface area contributed by atoms with Crippen molar-refractivity contribution in [1.82, 2.24) is 14.9 Å². The Bertz CT molecular complexity index is 911. The number of ether oxygens (including phenoxy) is 1. The first-order valence-corrected chi connectivity index (χ1v) is 8.62. The van der Waals surface area contributed by atoms with Crippen LogP contribution in [0.2, 0.25) is 0 Å². The minimum Gasteiger partial charge on any atom is -0.497 e. The highest BCUT2D eigenvalue weighted by molar-refractivity contribution is 5.94. The fourth-order valence-electron chi connectivity index (χ4n) is 2.76. The lowest BCUT2D eigenvalue weighted by molar-refractivity contribution is 0.0730. The van der Waals surface area contributed by atoms with E-state index in [9.17, 15) is 4.79 Å². The van der Waals surface area contributed by atoms with E-state index in [-0.39, 0.29) is 5.91 Å². The molecular weight excluding hydrogens is 340 g/mol. The molecule has 3 rings (SSSR count). The van der Waals surface area contributed by atoms with Gasteiger partial charge in [-0.15, -0.1) is 0 Å². The van der Waals surface area contributed by atoms with Crippen LogP contribution in [0, 0.1) is 6.92 Å². The Morgan fingerprint density at radius 1 is 1.07 bits per heavy atom. The number of anilines is 1. The van der Waals surface area contributed by atoms with Gasteiger partial charge in [-0.3, -0.25) is 4.79 Å². The van der Waals surface area contributed by atoms with Crippen molar-refractivity contribution in [3.8, 4) is 5.75 Å². The van der Waals surface area contributed by atoms with Gasteiger partial charge in [-0.1, -0.05) is 30.3 Å². The van der Waals surface area contributed by atoms with Crippen LogP contribution in [0.15, 0.2) is 60.8 Å². The van der Waals surface area contributed by atoms with Crippen LogP contribution in [0.1, 0.15) is 27.3 Å². The highest BCUT2D eigenvalue weighted by atomic mass is 16.5. The summed E-state index contributed by atoms with van der Waals surface area (Å²) in [4.78, 5) is 23.3. The third-order valence-electron chi connectivity index (χ3n) is 4.22. The van der Waals surface area contributed by atoms with Crippen molar-refractivity contribution in [3.63, 3.8) is 0 Å². The Balaban J connectivity index is 1.89. The summed E-state index contributed by atoms with van der Waals surface area (Å²) in [5.41, 5.74) is 8.37. The zero-order valence-electron chi connectivity index (χ0n) is 15.4. The molecular formula is C21H22N4O2. The molecule has 0 aliphatic rings. The van der Waals surface area contributed by atoms with Gasteiger partial charge in [0, 0.05) is 23.9 Å². The van der Waals surface area contributed by atoms with Gasteiger partial charge < -0.3 is 15.4 Å². The summed E-state index contributed by atoms with van der Waals surface area (Å²) < 4.78 is 5.17. The van der Waals surface area contributed by atoms with E-state index < -0.39 is 0 Å². The number of benzene rings is 2. The Morgan fingerprint density at radius 2 is 1.78 bits per heavy atom. The van der Waals surface area contributed by atoms with E-state index in [1.165, 1.54) is 0 Å². The van der Waals surface area contributed by atoms with Crippen LogP contribution in [0.25, 0.3) is 0 Å². The monoisotopic (exact) mass is 362 g/mol. The number of methoxy groups -OCH3 is 1. The maximum Gasteiger partial charge on any atom is 0.254 e. The maximum absolute atomic E-state index is 13.1. The summed E-state index contributed by atoms with van der Waals surface area (Å²) in [7, 11) is 1.60. The first-order chi connectivity index (χ1) is 13.1. The predicted molar refractivity (Wildman–Crippen MR) is 104 cm³/mol. The van der Waals surface area contributed by atoms with Crippen molar-refractivity contribution in [3.05, 3.63) is 83.3 Å². The Morgan fingerprint density at radius 3 is 2.41 bits per heavy atom. The summed E-state index contributed by atoms with van der Waals surface area (Å²) in [6.45, 7) is 2.56. The molecule has 0 saturated carbocycles. The van der Waals surface area contributed by atoms with E-state index in [0.29, 0.717) is 36.0 Å². The highest BCUT2D eigenvalue weighted by Gasteiger charge is 2.18. The molecule has 1 aromatic heterocycles. The molecule has 27 heavy (non-hydrogen) atoms. The van der Waals surface area contributed by atoms with Crippen LogP contribution in [0.3, 0.4) is 0 Å². The molecule has 2 aromatic carbocycles. The third kappa shape index (κ3) is 4.61. The molecule has 1 amide bonds. The van der Waals surface area contributed by atoms with Gasteiger partial charge in [0.1, 0.15) is 17.4 Å². The van der Waals surface area contributed by atoms with E-state index in [4.69, 9.17) is 10.5 Å². The zero-order valence-corrected chi connectivity index (χ0v) is 15.4. The van der Waals surface area contributed by atoms with Gasteiger partial charge in [-0.2, -0.15) is 0 Å². The highest BCUT2D eigenvalue weighted by Crippen LogP contribution is 2.18. The number of nitrogens with two attached hydrogens (primary N) is 1. The predicted octanol–water partition coefficient (Wildman–Crippen LogP) is 3.22. The first-order valence-electron chi connectivity index (χ1n) is 8.62. The van der Waals surface area contributed by atoms with Gasteiger partial charge in [0.15, 0.2) is 0 Å². The van der Waals surface area contributed by atoms with Crippen LogP contribution < -0.4 is 10.5 Å². The topological polar surface area (TPSA) is 81.3 Å². The third-order valence-corrected chi connectivity index (χ3v) is 4.22. The molecule has 0 aliphatic carbocycles. The number of rotatable bonds is 6. The first kappa shape index (κ1) is 18.4. The average molecular weight is 362 g/mol. The molecule has 0 bridgehead atoms. The molecule has 6 heteroatoms. The van der Waals surface area contributed by atoms with Crippen molar-refractivity contribution >= 4 is 11.7 Å². The standard InChI is InChI=1S/C21H22N4O2/c1-15-23-12-18(20(22)24-15)14-25(13-16-6-4-3-5-7-16)21(26)17-8-10-19(27-2)11-9-17/h3-12H,13-14H2,1-2H3,(H2,22,23,24). The summed E-state index contributed by atoms with van der Waals surface area (Å²) in [6.07, 6.45) is 1.68. The minimum atomic E-state index is -0.0959. The Labute approximate surface area is 158 Å². The van der Waals surface area contributed by atoms with Gasteiger partial charge >= 0.3 is 0 Å². The normalized spacial score (nSPS) is 10.4. The van der Waals surface area contributed by atoms with Gasteiger partial charge in [0.25, 0.3) is 5.91 Å². The van der Waals surface area contributed by atoms with Crippen LogP contribution in [-0.2, 0) is 13.1 Å². The molecule has 0 aliphatic heterocycles. The van der Waals surface area contributed by atoms with Crippen molar-refractivity contribution in [2.24, 2.45) is 0 Å². The molecule has 0 atom stereocenters. The maximum atomic E-state index is 13.1. The summed E-state index contributed by atoms with van der Waals surface area (Å²) >= 11 is 0. The Hall–Kier alpha value is -3.41. The average Bonchev–Trinajstić information content (AvgIpc) is 2.69. The summed E-state index contributed by atoms with van der Waals surface area (Å²) in [5.74, 6) is 1.61. The molecule has 0 radical (unpaired) electrons. The number of carbonyl (C=O) groups is 1. The van der Waals surface area contributed by atoms with Crippen LogP contribution in [0.4, 0.5) is 5.82 Å². The van der Waals surface area contributed by atoms with E-state index in [2.05, 4.69) is 9.97 Å². The molecule has 2 N–H and O–H groups in total. The van der Waals surface area contributed by atoms with Crippen molar-refractivity contribution in [2.75, 3.05) is 12.8 Å². The molecule has 0 spiro atoms. The number of hydrogen-bond donors (Lipinski definition) is 1. The lowest BCUT2D eigenvalue weighted by atomic mass is 10.1. The van der Waals surface area contributed by atoms with Crippen molar-refractivity contribution < 1.29 is 9.53 Å². The number of carbonyl (C=O) groups excluding carboxylic acids is 1. The second kappa shape index (κ2) is 8.31. The number of hydrogen-bond acceptors (Lipinski definition) is 5. The van der Waals surface area contributed by atoms with E-state index in [1.807, 2.05) is 30.3 Å². The van der Waals surface area contributed by atoms with Crippen molar-refractivity contribution in [1.29, 1.82) is 0 Å². The lowest BCUT2D eigenvalue weighted by Crippen LogP contribution is -2.30. The summed E-state index contributed by atoms with van der Waals surface area (Å²) in [5, 5.41) is 0. The molecule has 6 nitrogen and oxygen atoms in total. The number of nitrogen functional groups attached to an aromatic ring is 1. The van der Waals surface area contributed by atoms with Gasteiger partial charge in [-0.05, 0) is 36.8 Å². The van der Waals surface area contributed by atoms with Crippen LogP contribution in [-0.4, -0.2) is 27.9 Å². The fourth-order valence-corrected chi connectivity index (χ4v) is 2.76. The number of aryl methyl sites for hydroxylation is 1. The second-order valence-electron chi connectivity index (χ2n) is 6.20. The molecule has 0 unspecified atom stereocenters. The van der Waals surface area contributed by atoms with Crippen molar-refractivity contribution in [2.45, 2.75) is 20.0 Å². The van der Waals surface area contributed by atoms with Gasteiger partial charge in [0.2, 0.25) is 0 Å². The quantitative estimate of drug-likeness (QED) is 0.728. The van der Waals surface area contributed by atoms with E-state index in [1.54, 1.807) is 49.4 Å². The molecule has 1 heterocycles. The number of aromatic nitrogens is 2. The van der Waals surface area contributed by atoms with Gasteiger partial charge in [-0.25, -0.2) is 9.97 Å². The molecule has 138 valence electrons. The van der Waals surface area contributed by atoms with E-state index >= 15 is 0 Å². The smallest absolute Gasteiger partial charge is 0.254 e. The molecule has 0 saturated heterocycles. The minimum absolute atomic E-state index is 0.0959. The second-order valence-corrected chi connectivity index (χ2v) is 6.20. The van der Waals surface area contributed by atoms with Crippen LogP contribution in [0.5, 0.6) is 5.75 Å². The fraction of sp³-hybridized carbons (Fsp3) is 0.190. The zero-order chi connectivity index (χ0) is 19.2. The van der Waals surface area contributed by atoms with E-state index in [0.717, 1.165) is 11.1 Å². The SMILES string of the molecule is COc1ccc(C(=O)N(Cc2ccccc2)Cc2cnc(C)nc2N)cc1. The number of amides is 1. The van der Waals surface area contributed by atoms with Crippen LogP contribution >= 0.6 is 0 Å². The number of nitrogens with zero attached hydrogens (tertiary/aromatic N) is 3. The largest absolute Gasteiger partial charge is 0.497 e. The lowest BCUT2D eigenvalue weighted by Gasteiger charge is -2.23.